The molecule has 23 heavy (non-hydrogen) atoms. The van der Waals surface area contributed by atoms with Gasteiger partial charge in [0.2, 0.25) is 0 Å². The lowest BCUT2D eigenvalue weighted by atomic mass is 10.2. The molecule has 1 saturated heterocycles. The molecule has 0 aliphatic carbocycles. The van der Waals surface area contributed by atoms with Crippen molar-refractivity contribution in [3.8, 4) is 0 Å². The van der Waals surface area contributed by atoms with Gasteiger partial charge in [-0.05, 0) is 49.0 Å². The molecule has 0 saturated carbocycles. The summed E-state index contributed by atoms with van der Waals surface area (Å²) in [5.41, 5.74) is 1.99. The fraction of sp³-hybridized carbons (Fsp3) is 0.294. The van der Waals surface area contributed by atoms with Crippen molar-refractivity contribution < 1.29 is 0 Å². The zero-order chi connectivity index (χ0) is 16.2. The number of nitrogens with zero attached hydrogens (tertiary/aromatic N) is 3. The fourth-order valence-electron chi connectivity index (χ4n) is 2.60. The van der Waals surface area contributed by atoms with E-state index in [4.69, 9.17) is 23.8 Å². The highest BCUT2D eigenvalue weighted by molar-refractivity contribution is 7.80. The first kappa shape index (κ1) is 16.0. The Hall–Kier alpha value is -1.85. The first-order valence-electron chi connectivity index (χ1n) is 7.61. The summed E-state index contributed by atoms with van der Waals surface area (Å²) in [6.45, 7) is 5.56. The zero-order valence-corrected chi connectivity index (χ0v) is 14.6. The highest BCUT2D eigenvalue weighted by Gasteiger charge is 2.20. The van der Waals surface area contributed by atoms with Gasteiger partial charge in [0.05, 0.1) is 10.7 Å². The summed E-state index contributed by atoms with van der Waals surface area (Å²) in [6, 6.07) is 11.9. The molecule has 1 aliphatic heterocycles. The molecule has 120 valence electrons. The number of halogens is 1. The van der Waals surface area contributed by atoms with E-state index in [-0.39, 0.29) is 0 Å². The highest BCUT2D eigenvalue weighted by atomic mass is 35.5. The van der Waals surface area contributed by atoms with Crippen LogP contribution in [0.5, 0.6) is 0 Å². The number of aromatic nitrogens is 1. The molecular formula is C17H19ClN4S. The first-order valence-corrected chi connectivity index (χ1v) is 8.40. The minimum atomic E-state index is 0.694. The van der Waals surface area contributed by atoms with Crippen LogP contribution in [0.1, 0.15) is 5.56 Å². The van der Waals surface area contributed by atoms with Gasteiger partial charge < -0.3 is 15.1 Å². The van der Waals surface area contributed by atoms with Gasteiger partial charge in [-0.2, -0.15) is 0 Å². The third-order valence-electron chi connectivity index (χ3n) is 3.91. The molecule has 2 heterocycles. The van der Waals surface area contributed by atoms with Gasteiger partial charge in [-0.1, -0.05) is 23.7 Å². The number of thiocarbonyl (C=S) groups is 1. The molecule has 0 atom stereocenters. The molecule has 3 rings (SSSR count). The Morgan fingerprint density at radius 3 is 2.61 bits per heavy atom. The van der Waals surface area contributed by atoms with Crippen LogP contribution in [0.15, 0.2) is 42.6 Å². The molecule has 0 unspecified atom stereocenters. The summed E-state index contributed by atoms with van der Waals surface area (Å²) < 4.78 is 0. The Labute approximate surface area is 147 Å². The van der Waals surface area contributed by atoms with Crippen molar-refractivity contribution in [3.05, 3.63) is 53.2 Å². The second-order valence-electron chi connectivity index (χ2n) is 5.58. The number of aryl methyl sites for hydroxylation is 1. The molecule has 0 spiro atoms. The Bertz CT molecular complexity index is 684. The topological polar surface area (TPSA) is 31.4 Å². The molecule has 1 aromatic carbocycles. The van der Waals surface area contributed by atoms with Gasteiger partial charge in [0.25, 0.3) is 0 Å². The molecular weight excluding hydrogens is 328 g/mol. The summed E-state index contributed by atoms with van der Waals surface area (Å²) in [4.78, 5) is 8.85. The van der Waals surface area contributed by atoms with E-state index in [9.17, 15) is 0 Å². The van der Waals surface area contributed by atoms with E-state index in [0.717, 1.165) is 48.4 Å². The van der Waals surface area contributed by atoms with Crippen LogP contribution in [-0.2, 0) is 0 Å². The van der Waals surface area contributed by atoms with Gasteiger partial charge in [0, 0.05) is 32.4 Å². The number of anilines is 2. The van der Waals surface area contributed by atoms with E-state index in [1.54, 1.807) is 0 Å². The van der Waals surface area contributed by atoms with Gasteiger partial charge >= 0.3 is 0 Å². The Kier molecular flexibility index (Phi) is 4.98. The van der Waals surface area contributed by atoms with Crippen LogP contribution in [-0.4, -0.2) is 41.2 Å². The molecule has 4 nitrogen and oxygen atoms in total. The van der Waals surface area contributed by atoms with E-state index in [1.165, 1.54) is 0 Å². The third-order valence-corrected chi connectivity index (χ3v) is 4.58. The molecule has 1 N–H and O–H groups in total. The standard InChI is InChI=1S/C17H19ClN4S/c1-13-5-6-15(14(18)12-13)20-17(23)22-10-8-21(9-11-22)16-4-2-3-7-19-16/h2-7,12H,8-11H2,1H3,(H,20,23). The van der Waals surface area contributed by atoms with Gasteiger partial charge in [-0.15, -0.1) is 0 Å². The predicted molar refractivity (Wildman–Crippen MR) is 100 cm³/mol. The second-order valence-corrected chi connectivity index (χ2v) is 6.37. The van der Waals surface area contributed by atoms with Crippen molar-refractivity contribution in [2.75, 3.05) is 36.4 Å². The smallest absolute Gasteiger partial charge is 0.173 e. The Morgan fingerprint density at radius 2 is 1.96 bits per heavy atom. The average molecular weight is 347 g/mol. The van der Waals surface area contributed by atoms with E-state index < -0.39 is 0 Å². The number of hydrogen-bond acceptors (Lipinski definition) is 3. The number of rotatable bonds is 2. The molecule has 1 fully saturated rings. The Morgan fingerprint density at radius 1 is 1.17 bits per heavy atom. The SMILES string of the molecule is Cc1ccc(NC(=S)N2CCN(c3ccccn3)CC2)c(Cl)c1. The molecule has 2 aromatic rings. The van der Waals surface area contributed by atoms with Crippen LogP contribution in [0.2, 0.25) is 5.02 Å². The first-order chi connectivity index (χ1) is 11.1. The lowest BCUT2D eigenvalue weighted by Crippen LogP contribution is -2.50. The van der Waals surface area contributed by atoms with Crippen LogP contribution in [0.25, 0.3) is 0 Å². The third kappa shape index (κ3) is 3.92. The maximum Gasteiger partial charge on any atom is 0.173 e. The summed E-state index contributed by atoms with van der Waals surface area (Å²) in [5, 5.41) is 4.67. The highest BCUT2D eigenvalue weighted by Crippen LogP contribution is 2.23. The number of nitrogens with one attached hydrogen (secondary N) is 1. The van der Waals surface area contributed by atoms with Gasteiger partial charge in [0.15, 0.2) is 5.11 Å². The quantitative estimate of drug-likeness (QED) is 0.840. The van der Waals surface area contributed by atoms with E-state index in [1.807, 2.05) is 49.5 Å². The summed E-state index contributed by atoms with van der Waals surface area (Å²) >= 11 is 11.8. The van der Waals surface area contributed by atoms with Crippen LogP contribution in [0, 0.1) is 6.92 Å². The number of benzene rings is 1. The molecule has 1 aliphatic rings. The van der Waals surface area contributed by atoms with Gasteiger partial charge in [0.1, 0.15) is 5.82 Å². The van der Waals surface area contributed by atoms with Crippen LogP contribution in [0.3, 0.4) is 0 Å². The molecule has 1 aromatic heterocycles. The summed E-state index contributed by atoms with van der Waals surface area (Å²) in [5.74, 6) is 1.02. The summed E-state index contributed by atoms with van der Waals surface area (Å²) in [6.07, 6.45) is 1.83. The van der Waals surface area contributed by atoms with Gasteiger partial charge in [-0.25, -0.2) is 4.98 Å². The lowest BCUT2D eigenvalue weighted by Gasteiger charge is -2.36. The number of hydrogen-bond donors (Lipinski definition) is 1. The second kappa shape index (κ2) is 7.15. The maximum atomic E-state index is 6.26. The largest absolute Gasteiger partial charge is 0.353 e. The van der Waals surface area contributed by atoms with Crippen LogP contribution < -0.4 is 10.2 Å². The predicted octanol–water partition coefficient (Wildman–Crippen LogP) is 3.56. The van der Waals surface area contributed by atoms with Crippen molar-refractivity contribution in [1.82, 2.24) is 9.88 Å². The van der Waals surface area contributed by atoms with Crippen molar-refractivity contribution in [1.29, 1.82) is 0 Å². The van der Waals surface area contributed by atoms with Crippen molar-refractivity contribution in [3.63, 3.8) is 0 Å². The van der Waals surface area contributed by atoms with Gasteiger partial charge in [-0.3, -0.25) is 0 Å². The average Bonchev–Trinajstić information content (AvgIpc) is 2.58. The molecule has 0 amide bonds. The molecule has 0 radical (unpaired) electrons. The van der Waals surface area contributed by atoms with Crippen molar-refractivity contribution in [2.45, 2.75) is 6.92 Å². The number of piperazine rings is 1. The van der Waals surface area contributed by atoms with Crippen molar-refractivity contribution >= 4 is 40.4 Å². The maximum absolute atomic E-state index is 6.26. The Balaban J connectivity index is 1.58. The van der Waals surface area contributed by atoms with E-state index in [2.05, 4.69) is 20.1 Å². The van der Waals surface area contributed by atoms with E-state index >= 15 is 0 Å². The molecule has 0 bridgehead atoms. The van der Waals surface area contributed by atoms with Crippen LogP contribution >= 0.6 is 23.8 Å². The summed E-state index contributed by atoms with van der Waals surface area (Å²) in [7, 11) is 0. The minimum absolute atomic E-state index is 0.694. The zero-order valence-electron chi connectivity index (χ0n) is 13.0. The lowest BCUT2D eigenvalue weighted by molar-refractivity contribution is 0.389. The van der Waals surface area contributed by atoms with E-state index in [0.29, 0.717) is 5.02 Å². The normalized spacial score (nSPS) is 14.7. The number of pyridine rings is 1. The fourth-order valence-corrected chi connectivity index (χ4v) is 3.17. The monoisotopic (exact) mass is 346 g/mol. The van der Waals surface area contributed by atoms with Crippen LogP contribution in [0.4, 0.5) is 11.5 Å². The minimum Gasteiger partial charge on any atom is -0.353 e. The van der Waals surface area contributed by atoms with Crippen molar-refractivity contribution in [2.24, 2.45) is 0 Å². The molecule has 6 heteroatoms.